The fraction of sp³-hybridized carbons (Fsp3) is 0.0714. The highest BCUT2D eigenvalue weighted by molar-refractivity contribution is 5.96. The number of nitrogens with one attached hydrogen (secondary N) is 1. The number of rotatable bonds is 4. The predicted molar refractivity (Wildman–Crippen MR) is 66.8 cm³/mol. The van der Waals surface area contributed by atoms with Gasteiger partial charge in [0, 0.05) is 6.07 Å². The standard InChI is InChI=1S/C14H12FNO3/c15-11-6-7-12(13(17)8-11)14(18)16-19-9-10-4-2-1-3-5-10/h1-8,17H,9H2,(H,16,18). The van der Waals surface area contributed by atoms with Crippen LogP contribution in [0.3, 0.4) is 0 Å². The monoisotopic (exact) mass is 261 g/mol. The maximum absolute atomic E-state index is 12.8. The number of aromatic hydroxyl groups is 1. The normalized spacial score (nSPS) is 10.2. The van der Waals surface area contributed by atoms with Crippen molar-refractivity contribution in [2.45, 2.75) is 6.61 Å². The average Bonchev–Trinajstić information content (AvgIpc) is 2.39. The zero-order valence-corrected chi connectivity index (χ0v) is 9.97. The SMILES string of the molecule is O=C(NOCc1ccccc1)c1ccc(F)cc1O. The van der Waals surface area contributed by atoms with Gasteiger partial charge in [0.25, 0.3) is 5.91 Å². The Hall–Kier alpha value is -2.40. The van der Waals surface area contributed by atoms with Gasteiger partial charge in [0.05, 0.1) is 12.2 Å². The summed E-state index contributed by atoms with van der Waals surface area (Å²) in [6, 6.07) is 12.4. The van der Waals surface area contributed by atoms with Crippen molar-refractivity contribution in [2.75, 3.05) is 0 Å². The number of hydrogen-bond acceptors (Lipinski definition) is 3. The van der Waals surface area contributed by atoms with E-state index >= 15 is 0 Å². The molecule has 2 N–H and O–H groups in total. The largest absolute Gasteiger partial charge is 0.507 e. The molecule has 4 nitrogen and oxygen atoms in total. The molecule has 2 aromatic carbocycles. The van der Waals surface area contributed by atoms with Crippen molar-refractivity contribution in [1.29, 1.82) is 0 Å². The highest BCUT2D eigenvalue weighted by atomic mass is 19.1. The maximum Gasteiger partial charge on any atom is 0.278 e. The molecule has 0 aliphatic rings. The summed E-state index contributed by atoms with van der Waals surface area (Å²) >= 11 is 0. The van der Waals surface area contributed by atoms with Gasteiger partial charge < -0.3 is 5.11 Å². The molecule has 0 saturated carbocycles. The molecule has 0 saturated heterocycles. The molecule has 0 aliphatic heterocycles. The summed E-state index contributed by atoms with van der Waals surface area (Å²) < 4.78 is 12.8. The number of carbonyl (C=O) groups excluding carboxylic acids is 1. The lowest BCUT2D eigenvalue weighted by molar-refractivity contribution is 0.0231. The van der Waals surface area contributed by atoms with Crippen molar-refractivity contribution < 1.29 is 19.1 Å². The first-order valence-corrected chi connectivity index (χ1v) is 5.61. The van der Waals surface area contributed by atoms with Gasteiger partial charge in [-0.2, -0.15) is 0 Å². The Morgan fingerprint density at radius 3 is 2.63 bits per heavy atom. The molecule has 1 amide bonds. The molecule has 98 valence electrons. The number of benzene rings is 2. The maximum atomic E-state index is 12.8. The van der Waals surface area contributed by atoms with Gasteiger partial charge in [-0.15, -0.1) is 0 Å². The molecule has 0 unspecified atom stereocenters. The number of phenolic OH excluding ortho intramolecular Hbond substituents is 1. The molecule has 0 heterocycles. The second-order valence-corrected chi connectivity index (χ2v) is 3.87. The minimum atomic E-state index is -0.631. The first kappa shape index (κ1) is 13.0. The van der Waals surface area contributed by atoms with Crippen LogP contribution in [0.4, 0.5) is 4.39 Å². The van der Waals surface area contributed by atoms with Crippen molar-refractivity contribution in [2.24, 2.45) is 0 Å². The summed E-state index contributed by atoms with van der Waals surface area (Å²) in [6.45, 7) is 0.203. The molecule has 5 heteroatoms. The van der Waals surface area contributed by atoms with Crippen LogP contribution in [0.2, 0.25) is 0 Å². The van der Waals surface area contributed by atoms with Crippen molar-refractivity contribution >= 4 is 5.91 Å². The molecular formula is C14H12FNO3. The fourth-order valence-corrected chi connectivity index (χ4v) is 1.51. The Balaban J connectivity index is 1.91. The molecule has 0 spiro atoms. The van der Waals surface area contributed by atoms with Crippen LogP contribution in [0.25, 0.3) is 0 Å². The first-order chi connectivity index (χ1) is 9.16. The van der Waals surface area contributed by atoms with E-state index in [4.69, 9.17) is 4.84 Å². The van der Waals surface area contributed by atoms with E-state index in [1.165, 1.54) is 6.07 Å². The lowest BCUT2D eigenvalue weighted by Gasteiger charge is -2.07. The lowest BCUT2D eigenvalue weighted by atomic mass is 10.2. The van der Waals surface area contributed by atoms with Gasteiger partial charge in [-0.25, -0.2) is 9.87 Å². The molecule has 19 heavy (non-hydrogen) atoms. The highest BCUT2D eigenvalue weighted by Crippen LogP contribution is 2.17. The minimum Gasteiger partial charge on any atom is -0.507 e. The van der Waals surface area contributed by atoms with Crippen LogP contribution in [-0.4, -0.2) is 11.0 Å². The van der Waals surface area contributed by atoms with Crippen molar-refractivity contribution in [3.63, 3.8) is 0 Å². The molecule has 0 aromatic heterocycles. The fourth-order valence-electron chi connectivity index (χ4n) is 1.51. The first-order valence-electron chi connectivity index (χ1n) is 5.61. The third-order valence-corrected chi connectivity index (χ3v) is 2.45. The average molecular weight is 261 g/mol. The number of carbonyl (C=O) groups is 1. The smallest absolute Gasteiger partial charge is 0.278 e. The Morgan fingerprint density at radius 1 is 1.21 bits per heavy atom. The second kappa shape index (κ2) is 5.97. The summed E-state index contributed by atoms with van der Waals surface area (Å²) in [5.41, 5.74) is 3.03. The topological polar surface area (TPSA) is 58.6 Å². The molecule has 0 atom stereocenters. The van der Waals surface area contributed by atoms with E-state index in [9.17, 15) is 14.3 Å². The van der Waals surface area contributed by atoms with E-state index in [0.717, 1.165) is 17.7 Å². The van der Waals surface area contributed by atoms with Crippen LogP contribution in [0.1, 0.15) is 15.9 Å². The summed E-state index contributed by atoms with van der Waals surface area (Å²) in [7, 11) is 0. The summed E-state index contributed by atoms with van der Waals surface area (Å²) in [5, 5.41) is 9.42. The van der Waals surface area contributed by atoms with Crippen molar-refractivity contribution in [3.05, 3.63) is 65.5 Å². The van der Waals surface area contributed by atoms with Crippen molar-refractivity contribution in [3.8, 4) is 5.75 Å². The van der Waals surface area contributed by atoms with Gasteiger partial charge in [-0.1, -0.05) is 30.3 Å². The van der Waals surface area contributed by atoms with Crippen LogP contribution in [0.5, 0.6) is 5.75 Å². The molecular weight excluding hydrogens is 249 g/mol. The zero-order chi connectivity index (χ0) is 13.7. The van der Waals surface area contributed by atoms with Crippen LogP contribution < -0.4 is 5.48 Å². The number of hydroxylamine groups is 1. The Labute approximate surface area is 109 Å². The molecule has 0 radical (unpaired) electrons. The van der Waals surface area contributed by atoms with E-state index in [1.807, 2.05) is 30.3 Å². The number of amides is 1. The van der Waals surface area contributed by atoms with E-state index in [1.54, 1.807) is 0 Å². The van der Waals surface area contributed by atoms with Gasteiger partial charge in [-0.3, -0.25) is 9.63 Å². The van der Waals surface area contributed by atoms with Gasteiger partial charge in [0.2, 0.25) is 0 Å². The number of hydrogen-bond donors (Lipinski definition) is 2. The predicted octanol–water partition coefficient (Wildman–Crippen LogP) is 2.39. The third-order valence-electron chi connectivity index (χ3n) is 2.45. The van der Waals surface area contributed by atoms with Crippen molar-refractivity contribution in [1.82, 2.24) is 5.48 Å². The summed E-state index contributed by atoms with van der Waals surface area (Å²) in [6.07, 6.45) is 0. The van der Waals surface area contributed by atoms with E-state index in [2.05, 4.69) is 5.48 Å². The van der Waals surface area contributed by atoms with Gasteiger partial charge in [0.1, 0.15) is 11.6 Å². The van der Waals surface area contributed by atoms with E-state index < -0.39 is 17.5 Å². The minimum absolute atomic E-state index is 0.0468. The van der Waals surface area contributed by atoms with Gasteiger partial charge in [-0.05, 0) is 17.7 Å². The Morgan fingerprint density at radius 2 is 1.95 bits per heavy atom. The van der Waals surface area contributed by atoms with Gasteiger partial charge in [0.15, 0.2) is 0 Å². The third kappa shape index (κ3) is 3.53. The Bertz CT molecular complexity index is 572. The number of halogens is 1. The van der Waals surface area contributed by atoms with Crippen LogP contribution in [0, 0.1) is 5.82 Å². The van der Waals surface area contributed by atoms with E-state index in [0.29, 0.717) is 0 Å². The molecule has 2 rings (SSSR count). The molecule has 0 bridgehead atoms. The van der Waals surface area contributed by atoms with Gasteiger partial charge >= 0.3 is 0 Å². The molecule has 2 aromatic rings. The second-order valence-electron chi connectivity index (χ2n) is 3.87. The number of phenols is 1. The van der Waals surface area contributed by atoms with E-state index in [-0.39, 0.29) is 12.2 Å². The van der Waals surface area contributed by atoms with Crippen LogP contribution in [0.15, 0.2) is 48.5 Å². The Kier molecular flexibility index (Phi) is 4.10. The molecule has 0 aliphatic carbocycles. The highest BCUT2D eigenvalue weighted by Gasteiger charge is 2.11. The quantitative estimate of drug-likeness (QED) is 0.831. The summed E-state index contributed by atoms with van der Waals surface area (Å²) in [4.78, 5) is 16.7. The van der Waals surface area contributed by atoms with Crippen LogP contribution in [-0.2, 0) is 11.4 Å². The molecule has 0 fully saturated rings. The lowest BCUT2D eigenvalue weighted by Crippen LogP contribution is -2.23. The van der Waals surface area contributed by atoms with Crippen LogP contribution >= 0.6 is 0 Å². The summed E-state index contributed by atoms with van der Waals surface area (Å²) in [5.74, 6) is -1.67. The zero-order valence-electron chi connectivity index (χ0n) is 9.97.